The Kier molecular flexibility index (Phi) is 0.487. The van der Waals surface area contributed by atoms with Crippen LogP contribution in [0.2, 0.25) is 0 Å². The lowest BCUT2D eigenvalue weighted by Crippen LogP contribution is -2.73. The molecule has 0 N–H and O–H groups in total. The van der Waals surface area contributed by atoms with E-state index in [2.05, 4.69) is 19.7 Å². The van der Waals surface area contributed by atoms with Crippen molar-refractivity contribution in [1.82, 2.24) is 14.7 Å². The topological polar surface area (TPSA) is 22.1 Å². The minimum Gasteiger partial charge on any atom is -0.312 e. The van der Waals surface area contributed by atoms with Crippen LogP contribution in [0, 0.1) is 0 Å². The first kappa shape index (κ1) is 4.11. The molecule has 0 amide bonds. The van der Waals surface area contributed by atoms with Crippen molar-refractivity contribution in [3.8, 4) is 0 Å². The van der Waals surface area contributed by atoms with Crippen molar-refractivity contribution in [1.29, 1.82) is 0 Å². The summed E-state index contributed by atoms with van der Waals surface area (Å²) < 4.78 is 0. The molecule has 0 atom stereocenters. The van der Waals surface area contributed by atoms with Gasteiger partial charge in [-0.1, -0.05) is 0 Å². The van der Waals surface area contributed by atoms with E-state index >= 15 is 0 Å². The SMILES string of the molecule is C1N=C2N3CN1CN2C3. The molecule has 3 saturated heterocycles. The summed E-state index contributed by atoms with van der Waals surface area (Å²) in [4.78, 5) is 11.2. The van der Waals surface area contributed by atoms with Gasteiger partial charge in [0.05, 0.1) is 26.7 Å². The first-order valence-electron chi connectivity index (χ1n) is 3.20. The molecule has 5 aliphatic heterocycles. The predicted molar refractivity (Wildman–Crippen MR) is 32.4 cm³/mol. The minimum absolute atomic E-state index is 0.919. The molecular formula is C5H8N4. The molecule has 4 nitrogen and oxygen atoms in total. The molecule has 0 aromatic rings. The maximum absolute atomic E-state index is 4.32. The van der Waals surface area contributed by atoms with E-state index in [0.717, 1.165) is 26.7 Å². The van der Waals surface area contributed by atoms with Crippen LogP contribution in [0.5, 0.6) is 0 Å². The fraction of sp³-hybridized carbons (Fsp3) is 0.800. The van der Waals surface area contributed by atoms with Crippen LogP contribution in [-0.4, -0.2) is 47.3 Å². The van der Waals surface area contributed by atoms with E-state index in [1.165, 1.54) is 5.96 Å². The highest BCUT2D eigenvalue weighted by atomic mass is 15.7. The number of hydrogen-bond acceptors (Lipinski definition) is 4. The van der Waals surface area contributed by atoms with Crippen LogP contribution in [0.25, 0.3) is 0 Å². The summed E-state index contributed by atoms with van der Waals surface area (Å²) in [5.74, 6) is 1.22. The van der Waals surface area contributed by atoms with Gasteiger partial charge < -0.3 is 9.80 Å². The van der Waals surface area contributed by atoms with Gasteiger partial charge in [0.2, 0.25) is 5.96 Å². The smallest absolute Gasteiger partial charge is 0.202 e. The molecule has 0 aromatic heterocycles. The van der Waals surface area contributed by atoms with Gasteiger partial charge in [-0.05, 0) is 0 Å². The Hall–Kier alpha value is -0.770. The van der Waals surface area contributed by atoms with Crippen LogP contribution in [0.4, 0.5) is 0 Å². The van der Waals surface area contributed by atoms with Gasteiger partial charge in [-0.15, -0.1) is 0 Å². The van der Waals surface area contributed by atoms with Crippen molar-refractivity contribution in [2.75, 3.05) is 26.7 Å². The highest BCUT2D eigenvalue weighted by Crippen LogP contribution is 2.23. The first-order chi connectivity index (χ1) is 4.43. The number of rotatable bonds is 0. The summed E-state index contributed by atoms with van der Waals surface area (Å²) in [6.45, 7) is 4.24. The van der Waals surface area contributed by atoms with E-state index in [9.17, 15) is 0 Å². The Morgan fingerprint density at radius 2 is 1.89 bits per heavy atom. The lowest BCUT2D eigenvalue weighted by atomic mass is 10.3. The van der Waals surface area contributed by atoms with E-state index in [0.29, 0.717) is 0 Å². The predicted octanol–water partition coefficient (Wildman–Crippen LogP) is -0.881. The molecule has 4 bridgehead atoms. The van der Waals surface area contributed by atoms with E-state index in [1.807, 2.05) is 0 Å². The van der Waals surface area contributed by atoms with Crippen molar-refractivity contribution in [3.63, 3.8) is 0 Å². The van der Waals surface area contributed by atoms with Crippen LogP contribution in [0.1, 0.15) is 0 Å². The summed E-state index contributed by atoms with van der Waals surface area (Å²) in [7, 11) is 0. The monoisotopic (exact) mass is 124 g/mol. The van der Waals surface area contributed by atoms with Gasteiger partial charge >= 0.3 is 0 Å². The van der Waals surface area contributed by atoms with Crippen LogP contribution >= 0.6 is 0 Å². The van der Waals surface area contributed by atoms with Crippen molar-refractivity contribution in [2.24, 2.45) is 4.99 Å². The molecule has 0 spiro atoms. The number of nitrogens with zero attached hydrogens (tertiary/aromatic N) is 4. The van der Waals surface area contributed by atoms with E-state index in [1.54, 1.807) is 0 Å². The van der Waals surface area contributed by atoms with Crippen molar-refractivity contribution < 1.29 is 0 Å². The van der Waals surface area contributed by atoms with Crippen LogP contribution in [-0.2, 0) is 0 Å². The number of aliphatic imine (C=N–C) groups is 1. The third kappa shape index (κ3) is 0.337. The third-order valence-corrected chi connectivity index (χ3v) is 2.06. The summed E-state index contributed by atoms with van der Waals surface area (Å²) in [6.07, 6.45) is 0. The Balaban J connectivity index is 2.08. The molecule has 9 heavy (non-hydrogen) atoms. The molecule has 5 rings (SSSR count). The molecule has 4 heteroatoms. The molecule has 0 radical (unpaired) electrons. The van der Waals surface area contributed by atoms with E-state index in [-0.39, 0.29) is 0 Å². The second-order valence-corrected chi connectivity index (χ2v) is 2.77. The number of guanidine groups is 1. The maximum atomic E-state index is 4.32. The second kappa shape index (κ2) is 1.07. The van der Waals surface area contributed by atoms with Gasteiger partial charge in [0.25, 0.3) is 0 Å². The maximum Gasteiger partial charge on any atom is 0.202 e. The summed E-state index contributed by atoms with van der Waals surface area (Å²) in [5.41, 5.74) is 0. The fourth-order valence-corrected chi connectivity index (χ4v) is 1.65. The zero-order valence-electron chi connectivity index (χ0n) is 5.12. The third-order valence-electron chi connectivity index (χ3n) is 2.06. The van der Waals surface area contributed by atoms with Crippen molar-refractivity contribution in [2.45, 2.75) is 0 Å². The van der Waals surface area contributed by atoms with E-state index < -0.39 is 0 Å². The molecular weight excluding hydrogens is 116 g/mol. The molecule has 5 aliphatic rings. The largest absolute Gasteiger partial charge is 0.312 e. The molecule has 0 saturated carbocycles. The highest BCUT2D eigenvalue weighted by Gasteiger charge is 2.41. The Bertz CT molecular complexity index is 173. The lowest BCUT2D eigenvalue weighted by molar-refractivity contribution is -0.0412. The van der Waals surface area contributed by atoms with Crippen molar-refractivity contribution in [3.05, 3.63) is 0 Å². The standard InChI is InChI=1S/C5H8N4/c1-6-5-8-2-7(1)3-9(5)4-8/h1-4H2. The lowest BCUT2D eigenvalue weighted by Gasteiger charge is -2.57. The van der Waals surface area contributed by atoms with Crippen LogP contribution in [0.15, 0.2) is 4.99 Å². The molecule has 48 valence electrons. The Morgan fingerprint density at radius 3 is 2.22 bits per heavy atom. The van der Waals surface area contributed by atoms with Gasteiger partial charge in [0.1, 0.15) is 0 Å². The molecule has 3 fully saturated rings. The summed E-state index contributed by atoms with van der Waals surface area (Å²) in [5, 5.41) is 0. The van der Waals surface area contributed by atoms with Crippen molar-refractivity contribution >= 4 is 5.96 Å². The second-order valence-electron chi connectivity index (χ2n) is 2.77. The highest BCUT2D eigenvalue weighted by molar-refractivity contribution is 5.85. The Morgan fingerprint density at radius 1 is 1.11 bits per heavy atom. The fourth-order valence-electron chi connectivity index (χ4n) is 1.65. The zero-order valence-corrected chi connectivity index (χ0v) is 5.12. The summed E-state index contributed by atoms with van der Waals surface area (Å²) >= 11 is 0. The average Bonchev–Trinajstić information content (AvgIpc) is 1.88. The van der Waals surface area contributed by atoms with Gasteiger partial charge in [0.15, 0.2) is 0 Å². The number of fused-ring (bicyclic) bond motifs is 1. The van der Waals surface area contributed by atoms with Gasteiger partial charge in [-0.25, -0.2) is 9.89 Å². The molecule has 0 aromatic carbocycles. The zero-order chi connectivity index (χ0) is 5.84. The van der Waals surface area contributed by atoms with Gasteiger partial charge in [-0.2, -0.15) is 0 Å². The summed E-state index contributed by atoms with van der Waals surface area (Å²) in [6, 6.07) is 0. The van der Waals surface area contributed by atoms with Gasteiger partial charge in [0, 0.05) is 0 Å². The number of hydrogen-bond donors (Lipinski definition) is 0. The molecule has 0 unspecified atom stereocenters. The Labute approximate surface area is 53.4 Å². The molecule has 0 aliphatic carbocycles. The van der Waals surface area contributed by atoms with Crippen LogP contribution in [0.3, 0.4) is 0 Å². The van der Waals surface area contributed by atoms with E-state index in [4.69, 9.17) is 0 Å². The van der Waals surface area contributed by atoms with Crippen LogP contribution < -0.4 is 0 Å². The van der Waals surface area contributed by atoms with Gasteiger partial charge in [-0.3, -0.25) is 0 Å². The molecule has 5 heterocycles. The normalized spacial score (nSPS) is 30.4. The first-order valence-corrected chi connectivity index (χ1v) is 3.20. The quantitative estimate of drug-likeness (QED) is 0.418. The average molecular weight is 124 g/mol. The minimum atomic E-state index is 0.919.